The van der Waals surface area contributed by atoms with Crippen molar-refractivity contribution in [2.24, 2.45) is 0 Å². The minimum absolute atomic E-state index is 0.0325. The van der Waals surface area contributed by atoms with Gasteiger partial charge in [0.2, 0.25) is 0 Å². The number of aliphatic hydroxyl groups excluding tert-OH is 1. The Hall–Kier alpha value is -0.880. The van der Waals surface area contributed by atoms with E-state index in [1.165, 1.54) is 0 Å². The van der Waals surface area contributed by atoms with Gasteiger partial charge in [0.15, 0.2) is 0 Å². The Kier molecular flexibility index (Phi) is 4.40. The van der Waals surface area contributed by atoms with Gasteiger partial charge >= 0.3 is 0 Å². The Balaban J connectivity index is 2.18. The zero-order chi connectivity index (χ0) is 13.1. The summed E-state index contributed by atoms with van der Waals surface area (Å²) in [5, 5.41) is 9.65. The first-order valence-corrected chi connectivity index (χ1v) is 6.14. The van der Waals surface area contributed by atoms with Crippen LogP contribution in [-0.4, -0.2) is 49.6 Å². The average Bonchev–Trinajstić information content (AvgIpc) is 2.82. The fourth-order valence-electron chi connectivity index (χ4n) is 2.14. The van der Waals surface area contributed by atoms with Crippen molar-refractivity contribution < 1.29 is 14.6 Å². The molecule has 2 heterocycles. The van der Waals surface area contributed by atoms with Gasteiger partial charge in [0.05, 0.1) is 17.3 Å². The Morgan fingerprint density at radius 1 is 1.33 bits per heavy atom. The quantitative estimate of drug-likeness (QED) is 0.889. The molecule has 1 aromatic heterocycles. The summed E-state index contributed by atoms with van der Waals surface area (Å²) >= 11 is 5.92. The summed E-state index contributed by atoms with van der Waals surface area (Å²) in [6.07, 6.45) is 0.0649. The number of aromatic nitrogens is 1. The van der Waals surface area contributed by atoms with Crippen molar-refractivity contribution in [3.63, 3.8) is 0 Å². The molecule has 0 bridgehead atoms. The van der Waals surface area contributed by atoms with E-state index in [0.29, 0.717) is 23.8 Å². The predicted octanol–water partition coefficient (Wildman–Crippen LogP) is 1.08. The zero-order valence-electron chi connectivity index (χ0n) is 10.5. The fraction of sp³-hybridized carbons (Fsp3) is 0.583. The smallest absolute Gasteiger partial charge is 0.129 e. The number of pyridine rings is 1. The van der Waals surface area contributed by atoms with Crippen LogP contribution in [-0.2, 0) is 16.1 Å². The number of nitrogens with zero attached hydrogens (tertiary/aromatic N) is 2. The van der Waals surface area contributed by atoms with E-state index >= 15 is 0 Å². The van der Waals surface area contributed by atoms with Crippen LogP contribution in [0, 0.1) is 0 Å². The molecule has 2 rings (SSSR count). The highest BCUT2D eigenvalue weighted by molar-refractivity contribution is 6.31. The molecule has 1 aliphatic heterocycles. The molecule has 1 N–H and O–H groups in total. The average molecular weight is 273 g/mol. The van der Waals surface area contributed by atoms with E-state index in [2.05, 4.69) is 9.88 Å². The number of aliphatic hydroxyl groups is 1. The zero-order valence-corrected chi connectivity index (χ0v) is 11.2. The van der Waals surface area contributed by atoms with Crippen LogP contribution in [0.3, 0.4) is 0 Å². The third kappa shape index (κ3) is 2.59. The maximum atomic E-state index is 9.17. The van der Waals surface area contributed by atoms with Crippen LogP contribution in [0.15, 0.2) is 12.1 Å². The van der Waals surface area contributed by atoms with Crippen molar-refractivity contribution in [2.45, 2.75) is 18.8 Å². The van der Waals surface area contributed by atoms with Crippen LogP contribution < -0.4 is 4.90 Å². The third-order valence-corrected chi connectivity index (χ3v) is 3.54. The van der Waals surface area contributed by atoms with Crippen LogP contribution in [0.2, 0.25) is 5.02 Å². The molecule has 1 saturated heterocycles. The van der Waals surface area contributed by atoms with Gasteiger partial charge in [0.1, 0.15) is 18.0 Å². The molecule has 0 radical (unpaired) electrons. The number of rotatable bonds is 4. The van der Waals surface area contributed by atoms with Crippen LogP contribution in [0.5, 0.6) is 0 Å². The standard InChI is InChI=1S/C12H17ClN2O3/c1-17-10-5-15(6-11(10)18-2)12-4-3-8(13)9(7-16)14-12/h3-4,10-11,16H,5-7H2,1-2H3. The van der Waals surface area contributed by atoms with Crippen LogP contribution >= 0.6 is 11.6 Å². The molecule has 1 aliphatic rings. The van der Waals surface area contributed by atoms with E-state index in [4.69, 9.17) is 26.2 Å². The second-order valence-electron chi connectivity index (χ2n) is 4.21. The van der Waals surface area contributed by atoms with E-state index in [-0.39, 0.29) is 18.8 Å². The molecule has 0 aliphatic carbocycles. The van der Waals surface area contributed by atoms with Gasteiger partial charge < -0.3 is 19.5 Å². The molecule has 6 heteroatoms. The van der Waals surface area contributed by atoms with E-state index in [9.17, 15) is 0 Å². The molecule has 0 amide bonds. The molecular formula is C12H17ClN2O3. The van der Waals surface area contributed by atoms with Crippen molar-refractivity contribution >= 4 is 17.4 Å². The van der Waals surface area contributed by atoms with Crippen LogP contribution in [0.1, 0.15) is 5.69 Å². The topological polar surface area (TPSA) is 54.8 Å². The van der Waals surface area contributed by atoms with Gasteiger partial charge in [-0.15, -0.1) is 0 Å². The van der Waals surface area contributed by atoms with Gasteiger partial charge in [-0.1, -0.05) is 11.6 Å². The highest BCUT2D eigenvalue weighted by atomic mass is 35.5. The van der Waals surface area contributed by atoms with Crippen molar-refractivity contribution in [3.8, 4) is 0 Å². The molecular weight excluding hydrogens is 256 g/mol. The summed E-state index contributed by atoms with van der Waals surface area (Å²) in [6, 6.07) is 3.59. The number of methoxy groups -OCH3 is 2. The maximum absolute atomic E-state index is 9.17. The molecule has 0 saturated carbocycles. The highest BCUT2D eigenvalue weighted by Crippen LogP contribution is 2.24. The number of hydrogen-bond acceptors (Lipinski definition) is 5. The monoisotopic (exact) mass is 272 g/mol. The summed E-state index contributed by atoms with van der Waals surface area (Å²) in [7, 11) is 3.35. The molecule has 18 heavy (non-hydrogen) atoms. The highest BCUT2D eigenvalue weighted by Gasteiger charge is 2.33. The van der Waals surface area contributed by atoms with Crippen molar-refractivity contribution in [3.05, 3.63) is 22.8 Å². The summed E-state index contributed by atoms with van der Waals surface area (Å²) < 4.78 is 10.8. The molecule has 2 atom stereocenters. The minimum atomic E-state index is -0.165. The third-order valence-electron chi connectivity index (χ3n) is 3.20. The van der Waals surface area contributed by atoms with E-state index in [0.717, 1.165) is 5.82 Å². The van der Waals surface area contributed by atoms with Gasteiger partial charge in [-0.05, 0) is 12.1 Å². The Morgan fingerprint density at radius 2 is 1.94 bits per heavy atom. The summed E-state index contributed by atoms with van der Waals surface area (Å²) in [4.78, 5) is 6.41. The lowest BCUT2D eigenvalue weighted by molar-refractivity contribution is -0.00461. The van der Waals surface area contributed by atoms with E-state index < -0.39 is 0 Å². The SMILES string of the molecule is COC1CN(c2ccc(Cl)c(CO)n2)CC1OC. The van der Waals surface area contributed by atoms with Crippen LogP contribution in [0.4, 0.5) is 5.82 Å². The minimum Gasteiger partial charge on any atom is -0.390 e. The normalized spacial score (nSPS) is 23.7. The summed E-state index contributed by atoms with van der Waals surface area (Å²) in [6.45, 7) is 1.27. The molecule has 1 aromatic rings. The van der Waals surface area contributed by atoms with Gasteiger partial charge in [-0.25, -0.2) is 4.98 Å². The van der Waals surface area contributed by atoms with Crippen molar-refractivity contribution in [2.75, 3.05) is 32.2 Å². The fourth-order valence-corrected chi connectivity index (χ4v) is 2.31. The summed E-state index contributed by atoms with van der Waals surface area (Å²) in [5.41, 5.74) is 0.490. The van der Waals surface area contributed by atoms with Crippen molar-refractivity contribution in [1.82, 2.24) is 4.98 Å². The lowest BCUT2D eigenvalue weighted by Gasteiger charge is -2.17. The molecule has 1 fully saturated rings. The Labute approximate surface area is 111 Å². The molecule has 100 valence electrons. The van der Waals surface area contributed by atoms with Gasteiger partial charge in [-0.3, -0.25) is 0 Å². The molecule has 0 aromatic carbocycles. The van der Waals surface area contributed by atoms with Crippen molar-refractivity contribution in [1.29, 1.82) is 0 Å². The summed E-state index contributed by atoms with van der Waals surface area (Å²) in [5.74, 6) is 0.782. The lowest BCUT2D eigenvalue weighted by Crippen LogP contribution is -2.27. The van der Waals surface area contributed by atoms with Gasteiger partial charge in [0.25, 0.3) is 0 Å². The van der Waals surface area contributed by atoms with E-state index in [1.54, 1.807) is 20.3 Å². The number of halogens is 1. The van der Waals surface area contributed by atoms with Gasteiger partial charge in [0, 0.05) is 27.3 Å². The first-order chi connectivity index (χ1) is 8.69. The van der Waals surface area contributed by atoms with Crippen LogP contribution in [0.25, 0.3) is 0 Å². The van der Waals surface area contributed by atoms with Gasteiger partial charge in [-0.2, -0.15) is 0 Å². The molecule has 5 nitrogen and oxygen atoms in total. The first kappa shape index (κ1) is 13.5. The predicted molar refractivity (Wildman–Crippen MR) is 69.0 cm³/mol. The molecule has 0 spiro atoms. The number of hydrogen-bond donors (Lipinski definition) is 1. The molecule has 2 unspecified atom stereocenters. The maximum Gasteiger partial charge on any atom is 0.129 e. The number of ether oxygens (including phenoxy) is 2. The largest absolute Gasteiger partial charge is 0.390 e. The number of anilines is 1. The Bertz CT molecular complexity index is 404. The first-order valence-electron chi connectivity index (χ1n) is 5.76. The van der Waals surface area contributed by atoms with E-state index in [1.807, 2.05) is 6.07 Å². The Morgan fingerprint density at radius 3 is 2.44 bits per heavy atom. The second kappa shape index (κ2) is 5.84. The lowest BCUT2D eigenvalue weighted by atomic mass is 10.3. The second-order valence-corrected chi connectivity index (χ2v) is 4.62.